The van der Waals surface area contributed by atoms with E-state index in [9.17, 15) is 13.6 Å². The molecule has 0 fully saturated rings. The normalized spacial score (nSPS) is 14.0. The van der Waals surface area contributed by atoms with Gasteiger partial charge < -0.3 is 14.8 Å². The molecule has 0 unspecified atom stereocenters. The Labute approximate surface area is 153 Å². The monoisotopic (exact) mass is 368 g/mol. The van der Waals surface area contributed by atoms with Crippen molar-refractivity contribution in [2.24, 2.45) is 0 Å². The average Bonchev–Trinajstić information content (AvgIpc) is 2.96. The fourth-order valence-electron chi connectivity index (χ4n) is 2.83. The van der Waals surface area contributed by atoms with Crippen molar-refractivity contribution in [3.63, 3.8) is 0 Å². The van der Waals surface area contributed by atoms with E-state index in [1.54, 1.807) is 36.4 Å². The molecule has 27 heavy (non-hydrogen) atoms. The summed E-state index contributed by atoms with van der Waals surface area (Å²) >= 11 is 0. The van der Waals surface area contributed by atoms with Gasteiger partial charge in [0.05, 0.1) is 0 Å². The van der Waals surface area contributed by atoms with E-state index in [-0.39, 0.29) is 17.4 Å². The number of pyridine rings is 1. The minimum atomic E-state index is -3.69. The van der Waals surface area contributed by atoms with E-state index in [1.807, 2.05) is 19.1 Å². The Bertz CT molecular complexity index is 1020. The number of carbonyl (C=O) groups is 1. The Morgan fingerprint density at radius 3 is 2.59 bits per heavy atom. The van der Waals surface area contributed by atoms with Gasteiger partial charge in [-0.15, -0.1) is 8.78 Å². The number of rotatable bonds is 3. The largest absolute Gasteiger partial charge is 0.586 e. The van der Waals surface area contributed by atoms with E-state index < -0.39 is 6.29 Å². The Balaban J connectivity index is 1.57. The van der Waals surface area contributed by atoms with Gasteiger partial charge in [0.25, 0.3) is 5.91 Å². The summed E-state index contributed by atoms with van der Waals surface area (Å²) in [5.41, 5.74) is 2.39. The second-order valence-electron chi connectivity index (χ2n) is 6.00. The summed E-state index contributed by atoms with van der Waals surface area (Å²) in [4.78, 5) is 16.5. The molecular formula is C20H14F2N2O3. The quantitative estimate of drug-likeness (QED) is 0.732. The number of ether oxygens (including phenoxy) is 2. The first-order valence-electron chi connectivity index (χ1n) is 8.15. The fraction of sp³-hybridized carbons (Fsp3) is 0.100. The molecule has 1 aromatic heterocycles. The maximum absolute atomic E-state index is 13.3. The number of hydrogen-bond donors (Lipinski definition) is 1. The summed E-state index contributed by atoms with van der Waals surface area (Å²) in [7, 11) is 0. The molecule has 1 amide bonds. The van der Waals surface area contributed by atoms with Crippen molar-refractivity contribution in [3.8, 4) is 22.6 Å². The molecule has 3 aromatic rings. The van der Waals surface area contributed by atoms with Crippen molar-refractivity contribution < 1.29 is 23.0 Å². The van der Waals surface area contributed by atoms with Gasteiger partial charge in [-0.3, -0.25) is 4.79 Å². The smallest absolute Gasteiger partial charge is 0.395 e. The van der Waals surface area contributed by atoms with Crippen LogP contribution in [0, 0.1) is 6.92 Å². The lowest BCUT2D eigenvalue weighted by Crippen LogP contribution is -2.26. The summed E-state index contributed by atoms with van der Waals surface area (Å²) in [6, 6.07) is 15.1. The summed E-state index contributed by atoms with van der Waals surface area (Å²) in [6.07, 6.45) is -2.21. The zero-order valence-electron chi connectivity index (χ0n) is 14.2. The lowest BCUT2D eigenvalue weighted by molar-refractivity contribution is -0.286. The molecule has 4 rings (SSSR count). The molecule has 5 nitrogen and oxygen atoms in total. The summed E-state index contributed by atoms with van der Waals surface area (Å²) in [5.74, 6) is 0.00262. The molecule has 2 heterocycles. The predicted molar refractivity (Wildman–Crippen MR) is 95.0 cm³/mol. The molecule has 0 radical (unpaired) electrons. The second-order valence-corrected chi connectivity index (χ2v) is 6.00. The first-order valence-corrected chi connectivity index (χ1v) is 8.15. The average molecular weight is 368 g/mol. The van der Waals surface area contributed by atoms with Crippen LogP contribution in [-0.4, -0.2) is 17.2 Å². The summed E-state index contributed by atoms with van der Waals surface area (Å²) in [5, 5.41) is 2.72. The number of nitrogens with one attached hydrogen (secondary N) is 1. The first-order chi connectivity index (χ1) is 12.9. The molecule has 1 N–H and O–H groups in total. The van der Waals surface area contributed by atoms with Crippen LogP contribution in [0.2, 0.25) is 0 Å². The fourth-order valence-corrected chi connectivity index (χ4v) is 2.83. The second kappa shape index (κ2) is 6.35. The SMILES string of the molecule is Cc1ccccc1C(=O)Nc1ccc(-c2cccc3c2OC(F)(F)O3)cn1. The number of amides is 1. The zero-order chi connectivity index (χ0) is 19.0. The highest BCUT2D eigenvalue weighted by atomic mass is 19.3. The highest BCUT2D eigenvalue weighted by Crippen LogP contribution is 2.46. The lowest BCUT2D eigenvalue weighted by Gasteiger charge is -2.09. The van der Waals surface area contributed by atoms with E-state index in [0.29, 0.717) is 22.5 Å². The van der Waals surface area contributed by atoms with Gasteiger partial charge in [0.2, 0.25) is 0 Å². The van der Waals surface area contributed by atoms with Gasteiger partial charge in [-0.25, -0.2) is 4.98 Å². The minimum absolute atomic E-state index is 0.0329. The third-order valence-electron chi connectivity index (χ3n) is 4.13. The topological polar surface area (TPSA) is 60.5 Å². The number of alkyl halides is 2. The number of aryl methyl sites for hydroxylation is 1. The van der Waals surface area contributed by atoms with Crippen molar-refractivity contribution in [2.45, 2.75) is 13.2 Å². The van der Waals surface area contributed by atoms with Crippen molar-refractivity contribution in [3.05, 3.63) is 71.9 Å². The number of fused-ring (bicyclic) bond motifs is 1. The van der Waals surface area contributed by atoms with Crippen molar-refractivity contribution in [1.82, 2.24) is 4.98 Å². The maximum Gasteiger partial charge on any atom is 0.586 e. The minimum Gasteiger partial charge on any atom is -0.395 e. The van der Waals surface area contributed by atoms with Crippen LogP contribution in [0.3, 0.4) is 0 Å². The van der Waals surface area contributed by atoms with Crippen molar-refractivity contribution >= 4 is 11.7 Å². The number of para-hydroxylation sites is 1. The summed E-state index contributed by atoms with van der Waals surface area (Å²) in [6.45, 7) is 1.85. The molecule has 0 atom stereocenters. The van der Waals surface area contributed by atoms with E-state index in [0.717, 1.165) is 5.56 Å². The molecule has 1 aliphatic rings. The Morgan fingerprint density at radius 2 is 1.85 bits per heavy atom. The van der Waals surface area contributed by atoms with Crippen LogP contribution >= 0.6 is 0 Å². The number of anilines is 1. The van der Waals surface area contributed by atoms with E-state index in [2.05, 4.69) is 19.8 Å². The van der Waals surface area contributed by atoms with Crippen LogP contribution in [0.25, 0.3) is 11.1 Å². The van der Waals surface area contributed by atoms with Crippen LogP contribution in [0.4, 0.5) is 14.6 Å². The van der Waals surface area contributed by atoms with Gasteiger partial charge >= 0.3 is 6.29 Å². The third-order valence-corrected chi connectivity index (χ3v) is 4.13. The number of nitrogens with zero attached hydrogens (tertiary/aromatic N) is 1. The van der Waals surface area contributed by atoms with Crippen LogP contribution in [0.15, 0.2) is 60.8 Å². The Kier molecular flexibility index (Phi) is 3.99. The standard InChI is InChI=1S/C20H14F2N2O3/c1-12-5-2-3-6-14(12)19(25)24-17-10-9-13(11-23-17)15-7-4-8-16-18(15)27-20(21,22)26-16/h2-11H,1H3,(H,23,24,25). The van der Waals surface area contributed by atoms with Crippen LogP contribution in [0.5, 0.6) is 11.5 Å². The molecule has 1 aliphatic heterocycles. The molecular weight excluding hydrogens is 354 g/mol. The van der Waals surface area contributed by atoms with Crippen LogP contribution in [-0.2, 0) is 0 Å². The molecule has 0 bridgehead atoms. The van der Waals surface area contributed by atoms with Gasteiger partial charge in [-0.05, 0) is 36.8 Å². The van der Waals surface area contributed by atoms with Gasteiger partial charge in [0.1, 0.15) is 5.82 Å². The maximum atomic E-state index is 13.3. The molecule has 0 saturated carbocycles. The lowest BCUT2D eigenvalue weighted by atomic mass is 10.1. The van der Waals surface area contributed by atoms with Gasteiger partial charge in [-0.1, -0.05) is 30.3 Å². The van der Waals surface area contributed by atoms with E-state index in [4.69, 9.17) is 0 Å². The number of aromatic nitrogens is 1. The molecule has 2 aromatic carbocycles. The predicted octanol–water partition coefficient (Wildman–Crippen LogP) is 4.63. The number of benzene rings is 2. The molecule has 0 aliphatic carbocycles. The number of halogens is 2. The van der Waals surface area contributed by atoms with E-state index in [1.165, 1.54) is 12.3 Å². The van der Waals surface area contributed by atoms with Gasteiger partial charge in [-0.2, -0.15) is 0 Å². The molecule has 136 valence electrons. The Hall–Kier alpha value is -3.48. The molecule has 0 spiro atoms. The third kappa shape index (κ3) is 3.31. The van der Waals surface area contributed by atoms with E-state index >= 15 is 0 Å². The highest BCUT2D eigenvalue weighted by molar-refractivity contribution is 6.04. The van der Waals surface area contributed by atoms with Crippen molar-refractivity contribution in [2.75, 3.05) is 5.32 Å². The van der Waals surface area contributed by atoms with Crippen LogP contribution < -0.4 is 14.8 Å². The molecule has 0 saturated heterocycles. The number of carbonyl (C=O) groups excluding carboxylic acids is 1. The molecule has 7 heteroatoms. The highest BCUT2D eigenvalue weighted by Gasteiger charge is 2.44. The van der Waals surface area contributed by atoms with Crippen molar-refractivity contribution in [1.29, 1.82) is 0 Å². The Morgan fingerprint density at radius 1 is 1.04 bits per heavy atom. The zero-order valence-corrected chi connectivity index (χ0v) is 14.2. The van der Waals surface area contributed by atoms with Gasteiger partial charge in [0.15, 0.2) is 11.5 Å². The first kappa shape index (κ1) is 17.0. The van der Waals surface area contributed by atoms with Crippen LogP contribution in [0.1, 0.15) is 15.9 Å². The number of hydrogen-bond acceptors (Lipinski definition) is 4. The van der Waals surface area contributed by atoms with Gasteiger partial charge in [0, 0.05) is 22.9 Å². The summed E-state index contributed by atoms with van der Waals surface area (Å²) < 4.78 is 35.7.